The predicted octanol–water partition coefficient (Wildman–Crippen LogP) is 2.75. The van der Waals surface area contributed by atoms with Gasteiger partial charge in [0.1, 0.15) is 17.6 Å². The number of hydrogen-bond donors (Lipinski definition) is 1. The molecular weight excluding hydrogens is 242 g/mol. The number of aryl methyl sites for hydroxylation is 1. The first-order valence-electron chi connectivity index (χ1n) is 6.75. The summed E-state index contributed by atoms with van der Waals surface area (Å²) in [6.45, 7) is 8.25. The fourth-order valence-corrected chi connectivity index (χ4v) is 2.88. The van der Waals surface area contributed by atoms with E-state index in [2.05, 4.69) is 25.2 Å². The number of hydrogen-bond acceptors (Lipinski definition) is 4. The Kier molecular flexibility index (Phi) is 3.72. The molecule has 0 saturated heterocycles. The van der Waals surface area contributed by atoms with Crippen LogP contribution in [-0.4, -0.2) is 19.1 Å². The Morgan fingerprint density at radius 3 is 2.89 bits per heavy atom. The van der Waals surface area contributed by atoms with E-state index in [-0.39, 0.29) is 23.5 Å². The van der Waals surface area contributed by atoms with Gasteiger partial charge < -0.3 is 9.15 Å². The molecule has 2 atom stereocenters. The van der Waals surface area contributed by atoms with Crippen molar-refractivity contribution in [1.82, 2.24) is 5.32 Å². The Bertz CT molecular complexity index is 476. The Morgan fingerprint density at radius 2 is 2.26 bits per heavy atom. The molecule has 0 saturated carbocycles. The average Bonchev–Trinajstić information content (AvgIpc) is 2.66. The maximum atomic E-state index is 11.6. The van der Waals surface area contributed by atoms with Crippen LogP contribution >= 0.6 is 0 Å². The Balaban J connectivity index is 2.22. The van der Waals surface area contributed by atoms with E-state index in [0.29, 0.717) is 0 Å². The Hall–Kier alpha value is -1.29. The van der Waals surface area contributed by atoms with E-state index >= 15 is 0 Å². The number of furan rings is 1. The van der Waals surface area contributed by atoms with E-state index in [9.17, 15) is 4.79 Å². The van der Waals surface area contributed by atoms with E-state index in [1.165, 1.54) is 12.7 Å². The van der Waals surface area contributed by atoms with Gasteiger partial charge in [-0.1, -0.05) is 13.8 Å². The molecule has 2 rings (SSSR count). The van der Waals surface area contributed by atoms with E-state index in [4.69, 9.17) is 9.15 Å². The van der Waals surface area contributed by atoms with Crippen LogP contribution in [0.25, 0.3) is 0 Å². The first-order chi connectivity index (χ1) is 8.82. The normalized spacial score (nSPS) is 22.7. The molecular formula is C15H23NO3. The van der Waals surface area contributed by atoms with Gasteiger partial charge in [-0.3, -0.25) is 10.1 Å². The van der Waals surface area contributed by atoms with Gasteiger partial charge in [0, 0.05) is 18.0 Å². The van der Waals surface area contributed by atoms with Crippen molar-refractivity contribution >= 4 is 5.97 Å². The summed E-state index contributed by atoms with van der Waals surface area (Å²) in [4.78, 5) is 11.6. The van der Waals surface area contributed by atoms with Gasteiger partial charge >= 0.3 is 5.97 Å². The van der Waals surface area contributed by atoms with Gasteiger partial charge in [-0.05, 0) is 31.7 Å². The zero-order valence-corrected chi connectivity index (χ0v) is 12.4. The van der Waals surface area contributed by atoms with E-state index in [1.807, 2.05) is 13.8 Å². The highest BCUT2D eigenvalue weighted by molar-refractivity contribution is 5.75. The summed E-state index contributed by atoms with van der Waals surface area (Å²) in [5.74, 6) is 1.74. The van der Waals surface area contributed by atoms with E-state index in [0.717, 1.165) is 24.4 Å². The van der Waals surface area contributed by atoms with Crippen LogP contribution in [0, 0.1) is 12.3 Å². The van der Waals surface area contributed by atoms with Crippen LogP contribution in [-0.2, 0) is 16.0 Å². The molecule has 1 N–H and O–H groups in total. The molecule has 4 nitrogen and oxygen atoms in total. The lowest BCUT2D eigenvalue weighted by Crippen LogP contribution is -2.41. The van der Waals surface area contributed by atoms with Crippen LogP contribution in [0.2, 0.25) is 0 Å². The van der Waals surface area contributed by atoms with Crippen LogP contribution < -0.4 is 5.32 Å². The molecule has 1 aliphatic rings. The molecule has 0 spiro atoms. The summed E-state index contributed by atoms with van der Waals surface area (Å²) in [6.07, 6.45) is 1.93. The molecule has 106 valence electrons. The smallest absolute Gasteiger partial charge is 0.322 e. The number of methoxy groups -OCH3 is 1. The lowest BCUT2D eigenvalue weighted by Gasteiger charge is -2.35. The van der Waals surface area contributed by atoms with Crippen molar-refractivity contribution in [3.8, 4) is 0 Å². The lowest BCUT2D eigenvalue weighted by molar-refractivity contribution is -0.143. The molecule has 1 aromatic heterocycles. The van der Waals surface area contributed by atoms with Crippen molar-refractivity contribution in [2.75, 3.05) is 7.11 Å². The van der Waals surface area contributed by atoms with Crippen LogP contribution in [0.4, 0.5) is 0 Å². The summed E-state index contributed by atoms with van der Waals surface area (Å²) in [7, 11) is 1.42. The second kappa shape index (κ2) is 5.00. The second-order valence-corrected chi connectivity index (χ2v) is 6.24. The van der Waals surface area contributed by atoms with Crippen molar-refractivity contribution in [2.45, 2.75) is 52.6 Å². The van der Waals surface area contributed by atoms with Crippen molar-refractivity contribution in [2.24, 2.45) is 5.41 Å². The summed E-state index contributed by atoms with van der Waals surface area (Å²) in [5.41, 5.74) is 1.36. The minimum absolute atomic E-state index is 0.144. The molecule has 1 heterocycles. The highest BCUT2D eigenvalue weighted by atomic mass is 16.5. The molecule has 4 heteroatoms. The zero-order chi connectivity index (χ0) is 14.2. The molecule has 0 fully saturated rings. The number of rotatable bonds is 3. The number of fused-ring (bicyclic) bond motifs is 1. The first-order valence-corrected chi connectivity index (χ1v) is 6.75. The topological polar surface area (TPSA) is 51.5 Å². The SMILES string of the molecule is COC(=O)C(C)NC1CC(C)(C)Cc2oc(C)cc21. The highest BCUT2D eigenvalue weighted by Crippen LogP contribution is 2.42. The molecule has 0 radical (unpaired) electrons. The third-order valence-electron chi connectivity index (χ3n) is 3.74. The van der Waals surface area contributed by atoms with Crippen LogP contribution in [0.1, 0.15) is 50.3 Å². The zero-order valence-electron chi connectivity index (χ0n) is 12.4. The number of nitrogens with one attached hydrogen (secondary N) is 1. The monoisotopic (exact) mass is 265 g/mol. The van der Waals surface area contributed by atoms with Crippen LogP contribution in [0.15, 0.2) is 10.5 Å². The third-order valence-corrected chi connectivity index (χ3v) is 3.74. The van der Waals surface area contributed by atoms with E-state index < -0.39 is 0 Å². The maximum Gasteiger partial charge on any atom is 0.322 e. The summed E-state index contributed by atoms with van der Waals surface area (Å²) in [6, 6.07) is 1.91. The number of esters is 1. The minimum Gasteiger partial charge on any atom is -0.468 e. The molecule has 19 heavy (non-hydrogen) atoms. The van der Waals surface area contributed by atoms with Crippen molar-refractivity contribution in [3.05, 3.63) is 23.2 Å². The summed E-state index contributed by atoms with van der Waals surface area (Å²) >= 11 is 0. The van der Waals surface area contributed by atoms with Gasteiger partial charge in [-0.25, -0.2) is 0 Å². The molecule has 2 unspecified atom stereocenters. The first kappa shape index (κ1) is 14.1. The molecule has 1 aromatic rings. The Morgan fingerprint density at radius 1 is 1.58 bits per heavy atom. The second-order valence-electron chi connectivity index (χ2n) is 6.24. The molecule has 0 amide bonds. The standard InChI is InChI=1S/C15H23NO3/c1-9-6-11-12(16-10(2)14(17)18-5)7-15(3,4)8-13(11)19-9/h6,10,12,16H,7-8H2,1-5H3. The molecule has 0 bridgehead atoms. The van der Waals surface area contributed by atoms with E-state index in [1.54, 1.807) is 0 Å². The van der Waals surface area contributed by atoms with Gasteiger partial charge in [0.2, 0.25) is 0 Å². The minimum atomic E-state index is -0.313. The lowest BCUT2D eigenvalue weighted by atomic mass is 9.74. The molecule has 0 aliphatic heterocycles. The highest BCUT2D eigenvalue weighted by Gasteiger charge is 2.36. The van der Waals surface area contributed by atoms with Gasteiger partial charge in [-0.2, -0.15) is 0 Å². The number of ether oxygens (including phenoxy) is 1. The van der Waals surface area contributed by atoms with Crippen LogP contribution in [0.3, 0.4) is 0 Å². The van der Waals surface area contributed by atoms with Crippen molar-refractivity contribution in [1.29, 1.82) is 0 Å². The Labute approximate surface area is 114 Å². The third kappa shape index (κ3) is 3.00. The quantitative estimate of drug-likeness (QED) is 0.854. The summed E-state index contributed by atoms with van der Waals surface area (Å²) < 4.78 is 10.6. The van der Waals surface area contributed by atoms with Gasteiger partial charge in [-0.15, -0.1) is 0 Å². The van der Waals surface area contributed by atoms with Gasteiger partial charge in [0.15, 0.2) is 0 Å². The summed E-state index contributed by atoms with van der Waals surface area (Å²) in [5, 5.41) is 3.36. The van der Waals surface area contributed by atoms with Crippen molar-refractivity contribution in [3.63, 3.8) is 0 Å². The number of carbonyl (C=O) groups is 1. The molecule has 0 aromatic carbocycles. The fraction of sp³-hybridized carbons (Fsp3) is 0.667. The fourth-order valence-electron chi connectivity index (χ4n) is 2.88. The van der Waals surface area contributed by atoms with Crippen molar-refractivity contribution < 1.29 is 13.9 Å². The predicted molar refractivity (Wildman–Crippen MR) is 72.9 cm³/mol. The van der Waals surface area contributed by atoms with Gasteiger partial charge in [0.25, 0.3) is 0 Å². The number of carbonyl (C=O) groups excluding carboxylic acids is 1. The van der Waals surface area contributed by atoms with Gasteiger partial charge in [0.05, 0.1) is 7.11 Å². The maximum absolute atomic E-state index is 11.6. The largest absolute Gasteiger partial charge is 0.468 e. The molecule has 1 aliphatic carbocycles. The van der Waals surface area contributed by atoms with Crippen LogP contribution in [0.5, 0.6) is 0 Å². The average molecular weight is 265 g/mol.